The van der Waals surface area contributed by atoms with Crippen molar-refractivity contribution in [1.29, 1.82) is 0 Å². The second kappa shape index (κ2) is 6.62. The number of halogens is 3. The molecule has 0 nitrogen and oxygen atoms in total. The summed E-state index contributed by atoms with van der Waals surface area (Å²) < 4.78 is 29.7. The van der Waals surface area contributed by atoms with Crippen LogP contribution in [0.2, 0.25) is 0 Å². The average molecular weight is 236 g/mol. The molecule has 26 valence electrons. The van der Waals surface area contributed by atoms with Crippen LogP contribution in [0.25, 0.3) is 0 Å². The first-order chi connectivity index (χ1) is 1.73. The predicted molar refractivity (Wildman–Crippen MR) is 10.5 cm³/mol. The van der Waals surface area contributed by atoms with Crippen LogP contribution >= 0.6 is 0 Å². The fourth-order valence-corrected chi connectivity index (χ4v) is 0. The molecule has 0 aliphatic heterocycles. The Morgan fingerprint density at radius 1 is 1.00 bits per heavy atom. The van der Waals surface area contributed by atoms with E-state index in [0.717, 1.165) is 0 Å². The van der Waals surface area contributed by atoms with Crippen LogP contribution in [0.5, 0.6) is 0 Å². The zero-order valence-electron chi connectivity index (χ0n) is 1.71. The third-order valence-electron chi connectivity index (χ3n) is 0. The molecule has 0 rings (SSSR count). The van der Waals surface area contributed by atoms with E-state index in [9.17, 15) is 4.81 Å². The van der Waals surface area contributed by atoms with Gasteiger partial charge in [-0.3, -0.25) is 0 Å². The first-order valence-corrected chi connectivity index (χ1v) is 4.77. The van der Waals surface area contributed by atoms with E-state index in [1.165, 1.54) is 0 Å². The molecule has 0 amide bonds. The van der Waals surface area contributed by atoms with Gasteiger partial charge in [-0.1, -0.05) is 0 Å². The maximum absolute atomic E-state index is 9.89. The molecule has 0 spiro atoms. The van der Waals surface area contributed by atoms with Crippen molar-refractivity contribution in [2.75, 3.05) is 0 Å². The van der Waals surface area contributed by atoms with Gasteiger partial charge in [0.2, 0.25) is 0 Å². The fraction of sp³-hybridized carbons (Fsp3) is 0. The Bertz CT molecular complexity index is 11.6. The zero-order chi connectivity index (χ0) is 3.58. The van der Waals surface area contributed by atoms with E-state index in [4.69, 9.17) is 0 Å². The van der Waals surface area contributed by atoms with Crippen LogP contribution in [-0.4, -0.2) is 51.4 Å². The molecule has 0 N–H and O–H groups in total. The van der Waals surface area contributed by atoms with Crippen LogP contribution in [0, 0.1) is 32.2 Å². The molecule has 0 heterocycles. The third-order valence-corrected chi connectivity index (χ3v) is 0. The van der Waals surface area contributed by atoms with Crippen LogP contribution in [0.15, 0.2) is 0 Å². The summed E-state index contributed by atoms with van der Waals surface area (Å²) in [5.74, 6) is 0. The SMILES string of the molecule is [F][La]([F])[F].[KH]. The molecule has 0 aliphatic rings. The van der Waals surface area contributed by atoms with Gasteiger partial charge in [-0.15, -0.1) is 0 Å². The summed E-state index contributed by atoms with van der Waals surface area (Å²) in [6.45, 7) is 0. The molecule has 0 aromatic heterocycles. The van der Waals surface area contributed by atoms with Crippen LogP contribution in [0.1, 0.15) is 0 Å². The van der Waals surface area contributed by atoms with Gasteiger partial charge >= 0.3 is 88.4 Å². The van der Waals surface area contributed by atoms with E-state index in [-0.39, 0.29) is 51.4 Å². The molecule has 0 fully saturated rings. The van der Waals surface area contributed by atoms with Crippen LogP contribution in [-0.2, 0) is 0 Å². The summed E-state index contributed by atoms with van der Waals surface area (Å²) in [6, 6.07) is 0. The summed E-state index contributed by atoms with van der Waals surface area (Å²) in [7, 11) is 0. The minimum atomic E-state index is -5.22. The van der Waals surface area contributed by atoms with Crippen molar-refractivity contribution in [2.24, 2.45) is 0 Å². The molecule has 0 aromatic rings. The van der Waals surface area contributed by atoms with Crippen molar-refractivity contribution >= 4 is 51.4 Å². The van der Waals surface area contributed by atoms with Crippen molar-refractivity contribution in [2.45, 2.75) is 0 Å². The van der Waals surface area contributed by atoms with Crippen molar-refractivity contribution in [3.8, 4) is 0 Å². The van der Waals surface area contributed by atoms with Gasteiger partial charge in [-0.25, -0.2) is 0 Å². The zero-order valence-corrected chi connectivity index (χ0v) is 5.34. The van der Waals surface area contributed by atoms with E-state index in [0.29, 0.717) is 0 Å². The summed E-state index contributed by atoms with van der Waals surface area (Å²) in [5, 5.41) is 0. The van der Waals surface area contributed by atoms with Gasteiger partial charge in [0, 0.05) is 0 Å². The van der Waals surface area contributed by atoms with Gasteiger partial charge in [-0.05, 0) is 0 Å². The molecule has 0 unspecified atom stereocenters. The summed E-state index contributed by atoms with van der Waals surface area (Å²) in [5.41, 5.74) is 0. The summed E-state index contributed by atoms with van der Waals surface area (Å²) >= 11 is -5.22. The predicted octanol–water partition coefficient (Wildman–Crippen LogP) is 0.612. The van der Waals surface area contributed by atoms with Gasteiger partial charge in [0.15, 0.2) is 0 Å². The van der Waals surface area contributed by atoms with E-state index >= 15 is 0 Å². The molecular formula is HF3KLa. The summed E-state index contributed by atoms with van der Waals surface area (Å²) in [6.07, 6.45) is 0. The quantitative estimate of drug-likeness (QED) is 0.540. The number of rotatable bonds is 0. The van der Waals surface area contributed by atoms with Crippen LogP contribution < -0.4 is 0 Å². The normalized spacial score (nSPS) is 5.40. The van der Waals surface area contributed by atoms with Crippen molar-refractivity contribution in [3.63, 3.8) is 0 Å². The second-order valence-electron chi connectivity index (χ2n) is 0.247. The molecule has 0 bridgehead atoms. The van der Waals surface area contributed by atoms with Gasteiger partial charge in [0.05, 0.1) is 0 Å². The molecule has 5 heteroatoms. The molecular weight excluding hydrogens is 235 g/mol. The molecule has 0 saturated heterocycles. The van der Waals surface area contributed by atoms with Crippen LogP contribution in [0.4, 0.5) is 4.81 Å². The molecule has 0 aromatic carbocycles. The average Bonchev–Trinajstić information content (AvgIpc) is 0.811. The van der Waals surface area contributed by atoms with E-state index < -0.39 is 32.2 Å². The monoisotopic (exact) mass is 236 g/mol. The van der Waals surface area contributed by atoms with Crippen LogP contribution in [0.3, 0.4) is 0 Å². The molecule has 5 heavy (non-hydrogen) atoms. The van der Waals surface area contributed by atoms with E-state index in [1.807, 2.05) is 0 Å². The van der Waals surface area contributed by atoms with Gasteiger partial charge in [0.25, 0.3) is 0 Å². The minimum absolute atomic E-state index is 0. The fourth-order valence-electron chi connectivity index (χ4n) is 0. The van der Waals surface area contributed by atoms with Gasteiger partial charge in [0.1, 0.15) is 0 Å². The summed E-state index contributed by atoms with van der Waals surface area (Å²) in [4.78, 5) is 0. The van der Waals surface area contributed by atoms with E-state index in [2.05, 4.69) is 0 Å². The standard InChI is InChI=1S/3FH.K.La.H/h3*1H;;;/q;;;;+3;/p-3. The topological polar surface area (TPSA) is 0 Å². The van der Waals surface area contributed by atoms with E-state index in [1.54, 1.807) is 0 Å². The van der Waals surface area contributed by atoms with Gasteiger partial charge in [-0.2, -0.15) is 0 Å². The first-order valence-electron chi connectivity index (χ1n) is 0.655. The number of hydrogen-bond acceptors (Lipinski definition) is 0. The molecule has 0 aliphatic carbocycles. The first kappa shape index (κ1) is 10.6. The van der Waals surface area contributed by atoms with Crippen molar-refractivity contribution in [1.82, 2.24) is 0 Å². The Labute approximate surface area is 85.9 Å². The number of hydrogen-bond donors (Lipinski definition) is 0. The Kier molecular flexibility index (Phi) is 14.0. The van der Waals surface area contributed by atoms with Crippen molar-refractivity contribution < 1.29 is 37.1 Å². The molecule has 0 radical (unpaired) electrons. The Balaban J connectivity index is 0. The van der Waals surface area contributed by atoms with Crippen molar-refractivity contribution in [3.05, 3.63) is 0 Å². The molecule has 0 atom stereocenters. The second-order valence-corrected chi connectivity index (χ2v) is 1.80. The third kappa shape index (κ3) is 20.6. The maximum atomic E-state index is 9.89. The Morgan fingerprint density at radius 3 is 1.00 bits per heavy atom. The Morgan fingerprint density at radius 2 is 1.00 bits per heavy atom. The molecule has 0 saturated carbocycles. The Hall–Kier alpha value is 2.62. The van der Waals surface area contributed by atoms with Gasteiger partial charge < -0.3 is 0 Å².